The van der Waals surface area contributed by atoms with Gasteiger partial charge in [-0.25, -0.2) is 0 Å². The Balaban J connectivity index is 1.96. The fourth-order valence-electron chi connectivity index (χ4n) is 2.98. The summed E-state index contributed by atoms with van der Waals surface area (Å²) >= 11 is 0. The molecule has 0 fully saturated rings. The van der Waals surface area contributed by atoms with Crippen molar-refractivity contribution >= 4 is 16.8 Å². The van der Waals surface area contributed by atoms with E-state index in [-0.39, 0.29) is 5.91 Å². The molecular formula is C15H14N4O. The van der Waals surface area contributed by atoms with Crippen LogP contribution < -0.4 is 5.32 Å². The molecule has 1 aliphatic rings. The molecule has 4 rings (SSSR count). The first kappa shape index (κ1) is 11.3. The van der Waals surface area contributed by atoms with Gasteiger partial charge in [0, 0.05) is 23.5 Å². The fourth-order valence-corrected chi connectivity index (χ4v) is 2.98. The minimum Gasteiger partial charge on any atom is -0.355 e. The number of fused-ring (bicyclic) bond motifs is 5. The fraction of sp³-hybridized carbons (Fsp3) is 0.200. The second kappa shape index (κ2) is 3.96. The quantitative estimate of drug-likeness (QED) is 0.630. The lowest BCUT2D eigenvalue weighted by molar-refractivity contribution is 0.0963. The zero-order chi connectivity index (χ0) is 13.7. The monoisotopic (exact) mass is 266 g/mol. The van der Waals surface area contributed by atoms with Gasteiger partial charge >= 0.3 is 0 Å². The number of carbonyl (C=O) groups is 1. The highest BCUT2D eigenvalue weighted by Crippen LogP contribution is 2.36. The van der Waals surface area contributed by atoms with Crippen molar-refractivity contribution in [2.24, 2.45) is 0 Å². The van der Waals surface area contributed by atoms with Gasteiger partial charge in [0.1, 0.15) is 0 Å². The molecule has 0 aliphatic heterocycles. The van der Waals surface area contributed by atoms with E-state index in [4.69, 9.17) is 0 Å². The average Bonchev–Trinajstić information content (AvgIpc) is 3.09. The molecule has 1 aromatic carbocycles. The van der Waals surface area contributed by atoms with Gasteiger partial charge in [0.25, 0.3) is 5.91 Å². The summed E-state index contributed by atoms with van der Waals surface area (Å²) in [6.45, 7) is 0. The van der Waals surface area contributed by atoms with Crippen molar-refractivity contribution in [2.75, 3.05) is 7.05 Å². The molecule has 5 heteroatoms. The largest absolute Gasteiger partial charge is 0.355 e. The number of benzene rings is 1. The van der Waals surface area contributed by atoms with Crippen molar-refractivity contribution in [3.8, 4) is 11.4 Å². The number of hydrogen-bond acceptors (Lipinski definition) is 2. The number of carbonyl (C=O) groups excluding carboxylic acids is 1. The molecule has 2 heterocycles. The van der Waals surface area contributed by atoms with E-state index >= 15 is 0 Å². The van der Waals surface area contributed by atoms with Crippen molar-refractivity contribution < 1.29 is 4.79 Å². The maximum absolute atomic E-state index is 11.8. The highest BCUT2D eigenvalue weighted by molar-refractivity contribution is 6.00. The van der Waals surface area contributed by atoms with Crippen LogP contribution in [0.1, 0.15) is 21.5 Å². The molecule has 5 nitrogen and oxygen atoms in total. The van der Waals surface area contributed by atoms with Gasteiger partial charge in [-0.1, -0.05) is 0 Å². The summed E-state index contributed by atoms with van der Waals surface area (Å²) in [5.41, 5.74) is 6.44. The van der Waals surface area contributed by atoms with E-state index in [2.05, 4.69) is 20.5 Å². The van der Waals surface area contributed by atoms with Crippen LogP contribution in [0.2, 0.25) is 0 Å². The van der Waals surface area contributed by atoms with Gasteiger partial charge in [-0.3, -0.25) is 9.89 Å². The molecule has 0 saturated carbocycles. The lowest BCUT2D eigenvalue weighted by Gasteiger charge is -2.11. The van der Waals surface area contributed by atoms with Crippen molar-refractivity contribution in [1.29, 1.82) is 0 Å². The topological polar surface area (TPSA) is 73.6 Å². The van der Waals surface area contributed by atoms with Gasteiger partial charge in [-0.05, 0) is 42.2 Å². The number of hydrogen-bond donors (Lipinski definition) is 3. The smallest absolute Gasteiger partial charge is 0.251 e. The molecule has 0 bridgehead atoms. The number of aryl methyl sites for hydroxylation is 2. The summed E-state index contributed by atoms with van der Waals surface area (Å²) in [6.07, 6.45) is 3.84. The summed E-state index contributed by atoms with van der Waals surface area (Å²) in [5.74, 6) is -0.0557. The molecule has 0 spiro atoms. The third-order valence-corrected chi connectivity index (χ3v) is 4.01. The number of aromatic amines is 2. The second-order valence-electron chi connectivity index (χ2n) is 5.09. The van der Waals surface area contributed by atoms with Crippen LogP contribution in [0.3, 0.4) is 0 Å². The van der Waals surface area contributed by atoms with E-state index < -0.39 is 0 Å². The van der Waals surface area contributed by atoms with Crippen LogP contribution in [0.5, 0.6) is 0 Å². The minimum absolute atomic E-state index is 0.0557. The maximum Gasteiger partial charge on any atom is 0.251 e. The lowest BCUT2D eigenvalue weighted by atomic mass is 9.93. The number of rotatable bonds is 1. The summed E-state index contributed by atoms with van der Waals surface area (Å²) in [4.78, 5) is 15.2. The summed E-state index contributed by atoms with van der Waals surface area (Å²) in [5, 5.41) is 11.0. The van der Waals surface area contributed by atoms with E-state index in [1.165, 1.54) is 11.1 Å². The molecule has 1 aliphatic carbocycles. The van der Waals surface area contributed by atoms with Crippen molar-refractivity contribution in [3.63, 3.8) is 0 Å². The predicted octanol–water partition coefficient (Wildman–Crippen LogP) is 2.02. The van der Waals surface area contributed by atoms with E-state index in [0.29, 0.717) is 5.56 Å². The minimum atomic E-state index is -0.0557. The van der Waals surface area contributed by atoms with Gasteiger partial charge in [0.05, 0.1) is 17.6 Å². The third kappa shape index (κ3) is 1.43. The number of amides is 1. The predicted molar refractivity (Wildman–Crippen MR) is 76.7 cm³/mol. The number of nitrogens with zero attached hydrogens (tertiary/aromatic N) is 1. The van der Waals surface area contributed by atoms with Gasteiger partial charge in [0.2, 0.25) is 0 Å². The molecule has 0 atom stereocenters. The van der Waals surface area contributed by atoms with Crippen LogP contribution in [0.4, 0.5) is 0 Å². The highest BCUT2D eigenvalue weighted by Gasteiger charge is 2.22. The Labute approximate surface area is 115 Å². The van der Waals surface area contributed by atoms with Gasteiger partial charge in [0.15, 0.2) is 0 Å². The van der Waals surface area contributed by atoms with E-state index in [0.717, 1.165) is 35.1 Å². The second-order valence-corrected chi connectivity index (χ2v) is 5.09. The van der Waals surface area contributed by atoms with Crippen LogP contribution in [0, 0.1) is 0 Å². The third-order valence-electron chi connectivity index (χ3n) is 4.01. The zero-order valence-electron chi connectivity index (χ0n) is 11.1. The first-order chi connectivity index (χ1) is 9.78. The Morgan fingerprint density at radius 2 is 2.20 bits per heavy atom. The Morgan fingerprint density at radius 3 is 3.05 bits per heavy atom. The van der Waals surface area contributed by atoms with Gasteiger partial charge in [-0.15, -0.1) is 0 Å². The molecule has 3 N–H and O–H groups in total. The highest BCUT2D eigenvalue weighted by atomic mass is 16.1. The average molecular weight is 266 g/mol. The molecule has 100 valence electrons. The van der Waals surface area contributed by atoms with Gasteiger partial charge < -0.3 is 10.3 Å². The summed E-state index contributed by atoms with van der Waals surface area (Å²) in [7, 11) is 1.65. The molecule has 0 radical (unpaired) electrons. The van der Waals surface area contributed by atoms with Crippen LogP contribution in [-0.2, 0) is 12.8 Å². The van der Waals surface area contributed by atoms with E-state index in [9.17, 15) is 4.79 Å². The number of aromatic nitrogens is 3. The molecule has 2 aromatic heterocycles. The Bertz CT molecular complexity index is 828. The summed E-state index contributed by atoms with van der Waals surface area (Å²) < 4.78 is 0. The van der Waals surface area contributed by atoms with E-state index in [1.807, 2.05) is 24.4 Å². The van der Waals surface area contributed by atoms with Gasteiger partial charge in [-0.2, -0.15) is 5.10 Å². The van der Waals surface area contributed by atoms with Crippen molar-refractivity contribution in [3.05, 3.63) is 41.1 Å². The SMILES string of the molecule is CNC(=O)c1ccc2[nH]c3c(c2c1)CCc1cn[nH]c1-3. The molecular weight excluding hydrogens is 252 g/mol. The normalized spacial score (nSPS) is 13.1. The van der Waals surface area contributed by atoms with Crippen LogP contribution in [0.25, 0.3) is 22.3 Å². The molecule has 0 saturated heterocycles. The Morgan fingerprint density at radius 1 is 1.30 bits per heavy atom. The Hall–Kier alpha value is -2.56. The molecule has 1 amide bonds. The Kier molecular flexibility index (Phi) is 2.24. The molecule has 0 unspecified atom stereocenters. The number of nitrogens with one attached hydrogen (secondary N) is 3. The molecule has 20 heavy (non-hydrogen) atoms. The van der Waals surface area contributed by atoms with Crippen LogP contribution in [0.15, 0.2) is 24.4 Å². The van der Waals surface area contributed by atoms with Crippen LogP contribution in [-0.4, -0.2) is 28.1 Å². The van der Waals surface area contributed by atoms with Crippen molar-refractivity contribution in [2.45, 2.75) is 12.8 Å². The maximum atomic E-state index is 11.8. The lowest BCUT2D eigenvalue weighted by Crippen LogP contribution is -2.17. The van der Waals surface area contributed by atoms with Crippen LogP contribution >= 0.6 is 0 Å². The molecule has 3 aromatic rings. The summed E-state index contributed by atoms with van der Waals surface area (Å²) in [6, 6.07) is 5.77. The first-order valence-corrected chi connectivity index (χ1v) is 6.67. The van der Waals surface area contributed by atoms with Crippen molar-refractivity contribution in [1.82, 2.24) is 20.5 Å². The standard InChI is InChI=1S/C15H14N4O/c1-16-15(20)8-3-5-12-11(6-8)10-4-2-9-7-17-19-13(9)14(10)18-12/h3,5-7,18H,2,4H2,1H3,(H,16,20)(H,17,19). The first-order valence-electron chi connectivity index (χ1n) is 6.67. The zero-order valence-corrected chi connectivity index (χ0v) is 11.1. The number of H-pyrrole nitrogens is 2. The van der Waals surface area contributed by atoms with E-state index in [1.54, 1.807) is 7.05 Å².